The van der Waals surface area contributed by atoms with Gasteiger partial charge >= 0.3 is 5.97 Å². The third kappa shape index (κ3) is 2.22. The molecular weight excluding hydrogens is 302 g/mol. The number of hydrogen-bond donors (Lipinski definition) is 1. The standard InChI is InChI=1S/C20H17NO3/c22-19(13-6-2-1-3-7-13)21-17-9-5-4-8-15(17)16-12-14(20(23)24)10-11-18(16)21/h1-9,14H,10-12H2,(H,23,24). The minimum atomic E-state index is -0.758. The number of aromatic nitrogens is 1. The van der Waals surface area contributed by atoms with Crippen LogP contribution in [0.3, 0.4) is 0 Å². The van der Waals surface area contributed by atoms with E-state index in [9.17, 15) is 14.7 Å². The smallest absolute Gasteiger partial charge is 0.306 e. The van der Waals surface area contributed by atoms with Gasteiger partial charge < -0.3 is 5.11 Å². The summed E-state index contributed by atoms with van der Waals surface area (Å²) in [5, 5.41) is 10.3. The van der Waals surface area contributed by atoms with Gasteiger partial charge in [0.1, 0.15) is 0 Å². The van der Waals surface area contributed by atoms with Gasteiger partial charge in [0.2, 0.25) is 0 Å². The van der Waals surface area contributed by atoms with Crippen molar-refractivity contribution in [3.05, 3.63) is 71.4 Å². The first-order chi connectivity index (χ1) is 11.7. The van der Waals surface area contributed by atoms with Gasteiger partial charge in [-0.2, -0.15) is 0 Å². The second kappa shape index (κ2) is 5.64. The molecule has 1 N–H and O–H groups in total. The van der Waals surface area contributed by atoms with Crippen molar-refractivity contribution >= 4 is 22.8 Å². The fourth-order valence-electron chi connectivity index (χ4n) is 3.66. The maximum atomic E-state index is 13.1. The van der Waals surface area contributed by atoms with Crippen molar-refractivity contribution in [3.63, 3.8) is 0 Å². The Kier molecular flexibility index (Phi) is 3.45. The van der Waals surface area contributed by atoms with Crippen molar-refractivity contribution < 1.29 is 14.7 Å². The van der Waals surface area contributed by atoms with E-state index in [-0.39, 0.29) is 11.8 Å². The summed E-state index contributed by atoms with van der Waals surface area (Å²) in [5.41, 5.74) is 3.47. The maximum absolute atomic E-state index is 13.1. The number of para-hydroxylation sites is 1. The van der Waals surface area contributed by atoms with Crippen molar-refractivity contribution in [2.45, 2.75) is 19.3 Å². The molecule has 24 heavy (non-hydrogen) atoms. The van der Waals surface area contributed by atoms with Crippen LogP contribution in [0.1, 0.15) is 28.0 Å². The quantitative estimate of drug-likeness (QED) is 0.786. The zero-order valence-electron chi connectivity index (χ0n) is 13.1. The molecule has 1 aliphatic rings. The van der Waals surface area contributed by atoms with Crippen molar-refractivity contribution in [2.75, 3.05) is 0 Å². The van der Waals surface area contributed by atoms with Crippen molar-refractivity contribution in [3.8, 4) is 0 Å². The zero-order chi connectivity index (χ0) is 16.7. The van der Waals surface area contributed by atoms with Crippen LogP contribution in [0.25, 0.3) is 10.9 Å². The van der Waals surface area contributed by atoms with E-state index in [2.05, 4.69) is 0 Å². The molecule has 1 atom stereocenters. The van der Waals surface area contributed by atoms with Crippen LogP contribution in [0.15, 0.2) is 54.6 Å². The molecule has 0 saturated heterocycles. The van der Waals surface area contributed by atoms with Crippen molar-refractivity contribution in [1.29, 1.82) is 0 Å². The molecule has 0 radical (unpaired) electrons. The molecule has 0 spiro atoms. The molecule has 1 aromatic heterocycles. The number of carboxylic acids is 1. The summed E-state index contributed by atoms with van der Waals surface area (Å²) in [7, 11) is 0. The van der Waals surface area contributed by atoms with E-state index in [1.165, 1.54) is 0 Å². The Labute approximate surface area is 139 Å². The molecule has 0 amide bonds. The number of fused-ring (bicyclic) bond motifs is 3. The summed E-state index contributed by atoms with van der Waals surface area (Å²) < 4.78 is 1.78. The van der Waals surface area contributed by atoms with E-state index >= 15 is 0 Å². The zero-order valence-corrected chi connectivity index (χ0v) is 13.1. The van der Waals surface area contributed by atoms with Crippen molar-refractivity contribution in [1.82, 2.24) is 4.57 Å². The average Bonchev–Trinajstić information content (AvgIpc) is 2.95. The first-order valence-corrected chi connectivity index (χ1v) is 8.10. The maximum Gasteiger partial charge on any atom is 0.306 e. The summed E-state index contributed by atoms with van der Waals surface area (Å²) in [6.45, 7) is 0. The van der Waals surface area contributed by atoms with E-state index in [1.807, 2.05) is 54.6 Å². The monoisotopic (exact) mass is 319 g/mol. The van der Waals surface area contributed by atoms with Gasteiger partial charge in [-0.25, -0.2) is 0 Å². The SMILES string of the molecule is O=C(O)C1CCc2c(c3ccccc3n2C(=O)c2ccccc2)C1. The lowest BCUT2D eigenvalue weighted by Gasteiger charge is -2.20. The summed E-state index contributed by atoms with van der Waals surface area (Å²) in [6.07, 6.45) is 1.67. The third-order valence-electron chi connectivity index (χ3n) is 4.84. The van der Waals surface area contributed by atoms with Gasteiger partial charge in [0.15, 0.2) is 0 Å². The molecule has 3 aromatic rings. The molecular formula is C20H17NO3. The van der Waals surface area contributed by atoms with Crippen LogP contribution in [-0.2, 0) is 17.6 Å². The highest BCUT2D eigenvalue weighted by molar-refractivity contribution is 6.04. The number of rotatable bonds is 2. The van der Waals surface area contributed by atoms with Crippen LogP contribution in [-0.4, -0.2) is 21.6 Å². The molecule has 1 unspecified atom stereocenters. The molecule has 0 bridgehead atoms. The Bertz CT molecular complexity index is 940. The molecule has 4 nitrogen and oxygen atoms in total. The van der Waals surface area contributed by atoms with Crippen LogP contribution in [0.2, 0.25) is 0 Å². The minimum Gasteiger partial charge on any atom is -0.481 e. The average molecular weight is 319 g/mol. The highest BCUT2D eigenvalue weighted by atomic mass is 16.4. The lowest BCUT2D eigenvalue weighted by atomic mass is 9.86. The first-order valence-electron chi connectivity index (χ1n) is 8.10. The van der Waals surface area contributed by atoms with Gasteiger partial charge in [-0.3, -0.25) is 14.2 Å². The lowest BCUT2D eigenvalue weighted by molar-refractivity contribution is -0.142. The number of benzene rings is 2. The second-order valence-corrected chi connectivity index (χ2v) is 6.23. The van der Waals surface area contributed by atoms with Gasteiger partial charge in [-0.15, -0.1) is 0 Å². The van der Waals surface area contributed by atoms with E-state index in [0.717, 1.165) is 22.2 Å². The Hall–Kier alpha value is -2.88. The van der Waals surface area contributed by atoms with Gasteiger partial charge in [-0.05, 0) is 43.0 Å². The summed E-state index contributed by atoms with van der Waals surface area (Å²) in [4.78, 5) is 24.4. The predicted octanol–water partition coefficient (Wildman–Crippen LogP) is 3.52. The predicted molar refractivity (Wildman–Crippen MR) is 91.3 cm³/mol. The fourth-order valence-corrected chi connectivity index (χ4v) is 3.66. The Morgan fingerprint density at radius 2 is 1.71 bits per heavy atom. The van der Waals surface area contributed by atoms with E-state index < -0.39 is 5.97 Å². The molecule has 4 rings (SSSR count). The molecule has 1 aliphatic carbocycles. The van der Waals surface area contributed by atoms with Gasteiger partial charge in [0.25, 0.3) is 5.91 Å². The number of carbonyl (C=O) groups is 2. The number of nitrogens with zero attached hydrogens (tertiary/aromatic N) is 1. The van der Waals surface area contributed by atoms with Gasteiger partial charge in [0.05, 0.1) is 11.4 Å². The first kappa shape index (κ1) is 14.7. The topological polar surface area (TPSA) is 59.3 Å². The van der Waals surface area contributed by atoms with Crippen LogP contribution in [0.5, 0.6) is 0 Å². The highest BCUT2D eigenvalue weighted by Gasteiger charge is 2.30. The van der Waals surface area contributed by atoms with Crippen LogP contribution in [0, 0.1) is 5.92 Å². The molecule has 0 aliphatic heterocycles. The Balaban J connectivity index is 1.91. The molecule has 2 aromatic carbocycles. The molecule has 0 fully saturated rings. The van der Waals surface area contributed by atoms with Gasteiger partial charge in [-0.1, -0.05) is 36.4 Å². The minimum absolute atomic E-state index is 0.0539. The van der Waals surface area contributed by atoms with E-state index in [4.69, 9.17) is 0 Å². The molecule has 120 valence electrons. The second-order valence-electron chi connectivity index (χ2n) is 6.23. The number of carboxylic acid groups (broad SMARTS) is 1. The van der Waals surface area contributed by atoms with Crippen LogP contribution < -0.4 is 0 Å². The summed E-state index contributed by atoms with van der Waals surface area (Å²) in [6, 6.07) is 17.0. The Morgan fingerprint density at radius 3 is 2.46 bits per heavy atom. The third-order valence-corrected chi connectivity index (χ3v) is 4.84. The lowest BCUT2D eigenvalue weighted by Crippen LogP contribution is -2.24. The number of hydrogen-bond acceptors (Lipinski definition) is 2. The normalized spacial score (nSPS) is 16.8. The summed E-state index contributed by atoms with van der Waals surface area (Å²) >= 11 is 0. The van der Waals surface area contributed by atoms with E-state index in [1.54, 1.807) is 4.57 Å². The highest BCUT2D eigenvalue weighted by Crippen LogP contribution is 2.35. The fraction of sp³-hybridized carbons (Fsp3) is 0.200. The van der Waals surface area contributed by atoms with Crippen LogP contribution in [0.4, 0.5) is 0 Å². The largest absolute Gasteiger partial charge is 0.481 e. The van der Waals surface area contributed by atoms with Gasteiger partial charge in [0, 0.05) is 16.6 Å². The Morgan fingerprint density at radius 1 is 1.00 bits per heavy atom. The van der Waals surface area contributed by atoms with E-state index in [0.29, 0.717) is 24.8 Å². The van der Waals surface area contributed by atoms with Crippen LogP contribution >= 0.6 is 0 Å². The summed E-state index contributed by atoms with van der Waals surface area (Å²) in [5.74, 6) is -1.18. The number of carbonyl (C=O) groups excluding carboxylic acids is 1. The molecule has 1 heterocycles. The van der Waals surface area contributed by atoms with Crippen molar-refractivity contribution in [2.24, 2.45) is 5.92 Å². The molecule has 4 heteroatoms. The molecule has 0 saturated carbocycles. The number of aliphatic carboxylic acids is 1.